The number of anilines is 3. The average Bonchev–Trinajstić information content (AvgIpc) is 3.57. The molecule has 0 spiro atoms. The van der Waals surface area contributed by atoms with E-state index in [9.17, 15) is 0 Å². The zero-order chi connectivity index (χ0) is 28.7. The SMILES string of the molecule is Cc1ccc2c3c1-c1ccccc1B3c1cc(CCCCCCCCO)cc3c1N2c1cccc2c1B3c1ccccc1-2. The van der Waals surface area contributed by atoms with Crippen LogP contribution in [0.5, 0.6) is 0 Å². The Labute approximate surface area is 255 Å². The Morgan fingerprint density at radius 2 is 1.21 bits per heavy atom. The summed E-state index contributed by atoms with van der Waals surface area (Å²) in [6, 6.07) is 35.1. The lowest BCUT2D eigenvalue weighted by Gasteiger charge is -2.43. The third kappa shape index (κ3) is 3.53. The number of fused-ring (bicyclic) bond motifs is 10. The molecule has 1 N–H and O–H groups in total. The molecule has 2 nitrogen and oxygen atoms in total. The fraction of sp³-hybridized carbons (Fsp3) is 0.231. The quantitative estimate of drug-likeness (QED) is 0.212. The lowest BCUT2D eigenvalue weighted by Crippen LogP contribution is -2.63. The standard InChI is InChI=1S/C39H35B2NO/c1-25-20-21-35-38-36(25)29-15-8-10-18-31(29)41(38)33-24-26(13-6-4-2-3-5-11-22-43)23-32-39(33)42(35)34-19-12-16-28-27-14-7-9-17-30(27)40(32)37(28)34/h7-10,12,14-21,23-24,43H,2-6,11,13,22H2,1H3. The molecule has 4 heteroatoms. The van der Waals surface area contributed by atoms with Crippen LogP contribution in [0.3, 0.4) is 0 Å². The van der Waals surface area contributed by atoms with Crippen molar-refractivity contribution in [3.8, 4) is 22.3 Å². The lowest BCUT2D eigenvalue weighted by molar-refractivity contribution is 0.282. The third-order valence-corrected chi connectivity index (χ3v) is 10.6. The molecule has 0 aromatic heterocycles. The van der Waals surface area contributed by atoms with Crippen LogP contribution in [0.25, 0.3) is 22.3 Å². The van der Waals surface area contributed by atoms with Crippen molar-refractivity contribution in [2.75, 3.05) is 11.5 Å². The number of aliphatic hydroxyl groups excluding tert-OH is 1. The van der Waals surface area contributed by atoms with Crippen molar-refractivity contribution in [3.05, 3.63) is 102 Å². The van der Waals surface area contributed by atoms with E-state index in [1.54, 1.807) is 0 Å². The molecule has 4 aliphatic heterocycles. The van der Waals surface area contributed by atoms with E-state index in [1.165, 1.54) is 109 Å². The van der Waals surface area contributed by atoms with Crippen LogP contribution >= 0.6 is 0 Å². The molecule has 0 fully saturated rings. The van der Waals surface area contributed by atoms with Gasteiger partial charge >= 0.3 is 0 Å². The molecule has 4 aliphatic rings. The van der Waals surface area contributed by atoms with E-state index in [1.807, 2.05) is 0 Å². The Morgan fingerprint density at radius 1 is 0.581 bits per heavy atom. The van der Waals surface area contributed by atoms with Crippen molar-refractivity contribution >= 4 is 63.3 Å². The highest BCUT2D eigenvalue weighted by atomic mass is 16.2. The van der Waals surface area contributed by atoms with Gasteiger partial charge in [0.15, 0.2) is 0 Å². The first-order chi connectivity index (χ1) is 21.3. The maximum absolute atomic E-state index is 9.13. The van der Waals surface area contributed by atoms with Crippen molar-refractivity contribution in [2.24, 2.45) is 0 Å². The molecular weight excluding hydrogens is 520 g/mol. The molecule has 0 radical (unpaired) electrons. The van der Waals surface area contributed by atoms with Crippen LogP contribution in [0, 0.1) is 6.92 Å². The number of benzene rings is 5. The predicted molar refractivity (Wildman–Crippen MR) is 185 cm³/mol. The monoisotopic (exact) mass is 555 g/mol. The molecule has 9 rings (SSSR count). The van der Waals surface area contributed by atoms with E-state index < -0.39 is 0 Å². The summed E-state index contributed by atoms with van der Waals surface area (Å²) < 4.78 is 0. The van der Waals surface area contributed by atoms with Gasteiger partial charge in [-0.15, -0.1) is 0 Å². The normalized spacial score (nSPS) is 14.0. The fourth-order valence-corrected chi connectivity index (χ4v) is 8.88. The zero-order valence-corrected chi connectivity index (χ0v) is 24.9. The molecule has 43 heavy (non-hydrogen) atoms. The topological polar surface area (TPSA) is 23.5 Å². The highest BCUT2D eigenvalue weighted by Gasteiger charge is 2.49. The fourth-order valence-electron chi connectivity index (χ4n) is 8.88. The van der Waals surface area contributed by atoms with Crippen LogP contribution in [-0.2, 0) is 6.42 Å². The van der Waals surface area contributed by atoms with Crippen LogP contribution in [0.15, 0.2) is 91.0 Å². The van der Waals surface area contributed by atoms with Crippen LogP contribution < -0.4 is 37.7 Å². The number of hydrogen-bond acceptors (Lipinski definition) is 2. The van der Waals surface area contributed by atoms with Gasteiger partial charge in [0, 0.05) is 23.7 Å². The minimum atomic E-state index is 0.269. The molecule has 208 valence electrons. The van der Waals surface area contributed by atoms with Gasteiger partial charge in [-0.05, 0) is 93.6 Å². The second kappa shape index (κ2) is 9.76. The summed E-state index contributed by atoms with van der Waals surface area (Å²) in [7, 11) is 0. The molecule has 5 aromatic carbocycles. The Hall–Kier alpha value is -4.01. The first-order valence-corrected chi connectivity index (χ1v) is 16.3. The maximum atomic E-state index is 9.13. The van der Waals surface area contributed by atoms with Gasteiger partial charge in [-0.25, -0.2) is 0 Å². The Bertz CT molecular complexity index is 1940. The smallest absolute Gasteiger partial charge is 0.248 e. The first kappa shape index (κ1) is 25.5. The molecule has 0 atom stereocenters. The second-order valence-corrected chi connectivity index (χ2v) is 13.0. The van der Waals surface area contributed by atoms with Gasteiger partial charge in [-0.1, -0.05) is 115 Å². The summed E-state index contributed by atoms with van der Waals surface area (Å²) in [5.74, 6) is 0. The Balaban J connectivity index is 1.26. The molecule has 0 aliphatic carbocycles. The van der Waals surface area contributed by atoms with Gasteiger partial charge in [-0.3, -0.25) is 0 Å². The van der Waals surface area contributed by atoms with Crippen molar-refractivity contribution in [2.45, 2.75) is 51.9 Å². The Kier molecular flexibility index (Phi) is 5.78. The number of hydrogen-bond donors (Lipinski definition) is 1. The van der Waals surface area contributed by atoms with E-state index in [0.717, 1.165) is 19.3 Å². The zero-order valence-electron chi connectivity index (χ0n) is 24.9. The average molecular weight is 555 g/mol. The van der Waals surface area contributed by atoms with E-state index in [-0.39, 0.29) is 13.4 Å². The molecule has 5 aromatic rings. The summed E-state index contributed by atoms with van der Waals surface area (Å²) in [5, 5.41) is 9.13. The number of rotatable bonds is 8. The number of nitrogens with zero attached hydrogens (tertiary/aromatic N) is 1. The van der Waals surface area contributed by atoms with E-state index in [2.05, 4.69) is 103 Å². The van der Waals surface area contributed by atoms with Crippen molar-refractivity contribution in [1.82, 2.24) is 0 Å². The highest BCUT2D eigenvalue weighted by Crippen LogP contribution is 2.44. The van der Waals surface area contributed by atoms with Gasteiger partial charge in [0.2, 0.25) is 13.4 Å². The number of aryl methyl sites for hydroxylation is 2. The predicted octanol–water partition coefficient (Wildman–Crippen LogP) is 4.96. The minimum absolute atomic E-state index is 0.269. The first-order valence-electron chi connectivity index (χ1n) is 16.3. The summed E-state index contributed by atoms with van der Waals surface area (Å²) in [4.78, 5) is 2.64. The van der Waals surface area contributed by atoms with Gasteiger partial charge in [-0.2, -0.15) is 0 Å². The largest absolute Gasteiger partial charge is 0.396 e. The summed E-state index contributed by atoms with van der Waals surface area (Å²) in [6.07, 6.45) is 8.13. The molecular formula is C39H35B2NO. The number of unbranched alkanes of at least 4 members (excludes halogenated alkanes) is 5. The van der Waals surface area contributed by atoms with Crippen LogP contribution in [-0.4, -0.2) is 25.1 Å². The van der Waals surface area contributed by atoms with Crippen molar-refractivity contribution < 1.29 is 5.11 Å². The van der Waals surface area contributed by atoms with E-state index in [4.69, 9.17) is 5.11 Å². The molecule has 4 heterocycles. The Morgan fingerprint density at radius 3 is 2.00 bits per heavy atom. The van der Waals surface area contributed by atoms with Crippen LogP contribution in [0.4, 0.5) is 17.1 Å². The third-order valence-electron chi connectivity index (χ3n) is 10.6. The van der Waals surface area contributed by atoms with Crippen molar-refractivity contribution in [1.29, 1.82) is 0 Å². The summed E-state index contributed by atoms with van der Waals surface area (Å²) in [5.41, 5.74) is 21.5. The molecule has 0 amide bonds. The molecule has 0 saturated carbocycles. The van der Waals surface area contributed by atoms with Gasteiger partial charge in [0.05, 0.1) is 0 Å². The van der Waals surface area contributed by atoms with E-state index in [0.29, 0.717) is 6.61 Å². The van der Waals surface area contributed by atoms with Crippen LogP contribution in [0.1, 0.15) is 49.7 Å². The summed E-state index contributed by atoms with van der Waals surface area (Å²) >= 11 is 0. The van der Waals surface area contributed by atoms with Crippen LogP contribution in [0.2, 0.25) is 0 Å². The van der Waals surface area contributed by atoms with Gasteiger partial charge < -0.3 is 10.0 Å². The highest BCUT2D eigenvalue weighted by molar-refractivity contribution is 7.05. The van der Waals surface area contributed by atoms with Gasteiger partial charge in [0.1, 0.15) is 0 Å². The minimum Gasteiger partial charge on any atom is -0.396 e. The second-order valence-electron chi connectivity index (χ2n) is 13.0. The van der Waals surface area contributed by atoms with Crippen molar-refractivity contribution in [3.63, 3.8) is 0 Å². The molecule has 0 bridgehead atoms. The molecule has 0 unspecified atom stereocenters. The molecule has 0 saturated heterocycles. The summed E-state index contributed by atoms with van der Waals surface area (Å²) in [6.45, 7) is 3.15. The maximum Gasteiger partial charge on any atom is 0.248 e. The number of aliphatic hydroxyl groups is 1. The van der Waals surface area contributed by atoms with Gasteiger partial charge in [0.25, 0.3) is 0 Å². The lowest BCUT2D eigenvalue weighted by atomic mass is 9.32. The van der Waals surface area contributed by atoms with E-state index >= 15 is 0 Å².